The molecule has 0 saturated carbocycles. The molecule has 1 unspecified atom stereocenters. The van der Waals surface area contributed by atoms with Gasteiger partial charge in [0.05, 0.1) is 19.3 Å². The maximum absolute atomic E-state index is 5.71. The highest BCUT2D eigenvalue weighted by atomic mass is 35.5. The first-order valence-electron chi connectivity index (χ1n) is 4.58. The molecule has 1 aromatic heterocycles. The standard InChI is InChI=1S/C8H10Cl2N4O/c1-5-4-15-3-2-14(5)8-12-6(9)11-7(10)13-8/h5H,2-4H2,1H3. The Morgan fingerprint density at radius 1 is 1.27 bits per heavy atom. The predicted molar refractivity (Wildman–Crippen MR) is 57.5 cm³/mol. The molecule has 7 heteroatoms. The molecule has 0 aliphatic carbocycles. The lowest BCUT2D eigenvalue weighted by atomic mass is 10.3. The number of morpholine rings is 1. The molecule has 1 aliphatic heterocycles. The summed E-state index contributed by atoms with van der Waals surface area (Å²) in [6.07, 6.45) is 0. The average molecular weight is 249 g/mol. The molecule has 2 heterocycles. The summed E-state index contributed by atoms with van der Waals surface area (Å²) in [5, 5.41) is 0.229. The van der Waals surface area contributed by atoms with Crippen LogP contribution in [0, 0.1) is 0 Å². The number of hydrogen-bond donors (Lipinski definition) is 0. The molecule has 0 N–H and O–H groups in total. The van der Waals surface area contributed by atoms with Crippen LogP contribution in [0.15, 0.2) is 0 Å². The van der Waals surface area contributed by atoms with Crippen molar-refractivity contribution in [2.24, 2.45) is 0 Å². The van der Waals surface area contributed by atoms with E-state index < -0.39 is 0 Å². The highest BCUT2D eigenvalue weighted by Crippen LogP contribution is 2.18. The quantitative estimate of drug-likeness (QED) is 0.753. The average Bonchev–Trinajstić information content (AvgIpc) is 2.16. The van der Waals surface area contributed by atoms with Gasteiger partial charge in [-0.25, -0.2) is 0 Å². The highest BCUT2D eigenvalue weighted by Gasteiger charge is 2.22. The van der Waals surface area contributed by atoms with Gasteiger partial charge in [0.25, 0.3) is 0 Å². The van der Waals surface area contributed by atoms with Crippen molar-refractivity contribution in [3.8, 4) is 0 Å². The summed E-state index contributed by atoms with van der Waals surface area (Å²) in [6.45, 7) is 4.08. The van der Waals surface area contributed by atoms with Gasteiger partial charge in [0.1, 0.15) is 0 Å². The Hall–Kier alpha value is -0.650. The highest BCUT2D eigenvalue weighted by molar-refractivity contribution is 6.31. The zero-order valence-corrected chi connectivity index (χ0v) is 9.66. The van der Waals surface area contributed by atoms with Gasteiger partial charge in [0.2, 0.25) is 16.5 Å². The van der Waals surface area contributed by atoms with Gasteiger partial charge in [-0.3, -0.25) is 0 Å². The molecule has 1 atom stereocenters. The summed E-state index contributed by atoms with van der Waals surface area (Å²) >= 11 is 11.4. The number of ether oxygens (including phenoxy) is 1. The fraction of sp³-hybridized carbons (Fsp3) is 0.625. The molecule has 0 spiro atoms. The molecular formula is C8H10Cl2N4O. The minimum atomic E-state index is 0.115. The van der Waals surface area contributed by atoms with E-state index in [4.69, 9.17) is 27.9 Å². The molecule has 1 saturated heterocycles. The van der Waals surface area contributed by atoms with Gasteiger partial charge < -0.3 is 9.64 Å². The van der Waals surface area contributed by atoms with Crippen molar-refractivity contribution in [1.29, 1.82) is 0 Å². The van der Waals surface area contributed by atoms with Crippen LogP contribution in [-0.4, -0.2) is 40.8 Å². The van der Waals surface area contributed by atoms with Gasteiger partial charge in [-0.05, 0) is 30.1 Å². The fourth-order valence-corrected chi connectivity index (χ4v) is 1.82. The second kappa shape index (κ2) is 4.47. The van der Waals surface area contributed by atoms with Gasteiger partial charge in [-0.2, -0.15) is 15.0 Å². The first-order valence-corrected chi connectivity index (χ1v) is 5.34. The number of nitrogens with zero attached hydrogens (tertiary/aromatic N) is 4. The van der Waals surface area contributed by atoms with E-state index in [9.17, 15) is 0 Å². The van der Waals surface area contributed by atoms with Crippen molar-refractivity contribution >= 4 is 29.2 Å². The van der Waals surface area contributed by atoms with E-state index in [1.165, 1.54) is 0 Å². The summed E-state index contributed by atoms with van der Waals surface area (Å²) in [5.74, 6) is 0.510. The van der Waals surface area contributed by atoms with E-state index in [0.29, 0.717) is 19.2 Å². The van der Waals surface area contributed by atoms with Crippen molar-refractivity contribution in [2.45, 2.75) is 13.0 Å². The second-order valence-electron chi connectivity index (χ2n) is 3.29. The molecule has 5 nitrogen and oxygen atoms in total. The van der Waals surface area contributed by atoms with Crippen LogP contribution in [0.2, 0.25) is 10.6 Å². The SMILES string of the molecule is CC1COCCN1c1nc(Cl)nc(Cl)n1. The summed E-state index contributed by atoms with van der Waals surface area (Å²) in [5.41, 5.74) is 0. The number of aromatic nitrogens is 3. The van der Waals surface area contributed by atoms with E-state index in [1.54, 1.807) is 0 Å². The van der Waals surface area contributed by atoms with E-state index in [-0.39, 0.29) is 16.6 Å². The van der Waals surface area contributed by atoms with Crippen LogP contribution in [0.5, 0.6) is 0 Å². The maximum atomic E-state index is 5.71. The molecule has 0 bridgehead atoms. The molecule has 15 heavy (non-hydrogen) atoms. The van der Waals surface area contributed by atoms with Crippen LogP contribution >= 0.6 is 23.2 Å². The minimum Gasteiger partial charge on any atom is -0.377 e. The van der Waals surface area contributed by atoms with E-state index >= 15 is 0 Å². The number of halogens is 2. The Labute approximate surface area is 97.4 Å². The van der Waals surface area contributed by atoms with E-state index in [0.717, 1.165) is 6.54 Å². The topological polar surface area (TPSA) is 51.1 Å². The summed E-state index contributed by atoms with van der Waals surface area (Å²) in [4.78, 5) is 13.8. The minimum absolute atomic E-state index is 0.115. The molecule has 1 aromatic rings. The molecule has 1 fully saturated rings. The molecule has 0 amide bonds. The molecule has 0 aromatic carbocycles. The second-order valence-corrected chi connectivity index (χ2v) is 3.97. The van der Waals surface area contributed by atoms with Crippen LogP contribution < -0.4 is 4.90 Å². The Balaban J connectivity index is 2.27. The van der Waals surface area contributed by atoms with Crippen LogP contribution in [0.4, 0.5) is 5.95 Å². The third-order valence-corrected chi connectivity index (χ3v) is 2.53. The molecule has 1 aliphatic rings. The van der Waals surface area contributed by atoms with E-state index in [2.05, 4.69) is 15.0 Å². The van der Waals surface area contributed by atoms with Crippen molar-refractivity contribution in [1.82, 2.24) is 15.0 Å². The molecule has 2 rings (SSSR count). The van der Waals surface area contributed by atoms with Crippen LogP contribution in [0.1, 0.15) is 6.92 Å². The Morgan fingerprint density at radius 2 is 1.93 bits per heavy atom. The van der Waals surface area contributed by atoms with Gasteiger partial charge in [-0.1, -0.05) is 0 Å². The first-order chi connectivity index (χ1) is 7.16. The Morgan fingerprint density at radius 3 is 2.53 bits per heavy atom. The van der Waals surface area contributed by atoms with Crippen LogP contribution in [-0.2, 0) is 4.74 Å². The third-order valence-electron chi connectivity index (χ3n) is 2.19. The lowest BCUT2D eigenvalue weighted by Crippen LogP contribution is -2.44. The number of hydrogen-bond acceptors (Lipinski definition) is 5. The van der Waals surface area contributed by atoms with E-state index in [1.807, 2.05) is 11.8 Å². The van der Waals surface area contributed by atoms with Gasteiger partial charge in [-0.15, -0.1) is 0 Å². The first kappa shape index (κ1) is 10.9. The largest absolute Gasteiger partial charge is 0.377 e. The lowest BCUT2D eigenvalue weighted by molar-refractivity contribution is 0.0980. The Kier molecular flexibility index (Phi) is 3.23. The fourth-order valence-electron chi connectivity index (χ4n) is 1.47. The van der Waals surface area contributed by atoms with Gasteiger partial charge in [0.15, 0.2) is 0 Å². The molecule has 0 radical (unpaired) electrons. The summed E-state index contributed by atoms with van der Waals surface area (Å²) in [7, 11) is 0. The van der Waals surface area contributed by atoms with Gasteiger partial charge >= 0.3 is 0 Å². The maximum Gasteiger partial charge on any atom is 0.231 e. The van der Waals surface area contributed by atoms with Crippen LogP contribution in [0.3, 0.4) is 0 Å². The third kappa shape index (κ3) is 2.48. The van der Waals surface area contributed by atoms with Crippen LogP contribution in [0.25, 0.3) is 0 Å². The molecular weight excluding hydrogens is 239 g/mol. The van der Waals surface area contributed by atoms with Crippen molar-refractivity contribution in [2.75, 3.05) is 24.7 Å². The summed E-state index contributed by atoms with van der Waals surface area (Å²) in [6, 6.07) is 0.216. The zero-order valence-electron chi connectivity index (χ0n) is 8.15. The van der Waals surface area contributed by atoms with Crippen molar-refractivity contribution in [3.05, 3.63) is 10.6 Å². The van der Waals surface area contributed by atoms with Crippen molar-refractivity contribution in [3.63, 3.8) is 0 Å². The number of anilines is 1. The molecule has 82 valence electrons. The Bertz CT molecular complexity index is 342. The normalized spacial score (nSPS) is 21.8. The number of rotatable bonds is 1. The smallest absolute Gasteiger partial charge is 0.231 e. The van der Waals surface area contributed by atoms with Gasteiger partial charge in [0, 0.05) is 6.54 Å². The predicted octanol–water partition coefficient (Wildman–Crippen LogP) is 1.40. The zero-order chi connectivity index (χ0) is 10.8. The lowest BCUT2D eigenvalue weighted by Gasteiger charge is -2.33. The van der Waals surface area contributed by atoms with Crippen molar-refractivity contribution < 1.29 is 4.74 Å². The summed E-state index contributed by atoms with van der Waals surface area (Å²) < 4.78 is 5.32. The monoisotopic (exact) mass is 248 g/mol.